The summed E-state index contributed by atoms with van der Waals surface area (Å²) in [4.78, 5) is 13.7. The molecule has 0 spiro atoms. The van der Waals surface area contributed by atoms with E-state index in [2.05, 4.69) is 45.9 Å². The van der Waals surface area contributed by atoms with Gasteiger partial charge in [0.05, 0.1) is 0 Å². The molecule has 2 rings (SSSR count). The van der Waals surface area contributed by atoms with E-state index in [1.165, 1.54) is 0 Å². The smallest absolute Gasteiger partial charge is 0.224 e. The fraction of sp³-hybridized carbons (Fsp3) is 0.714. The summed E-state index contributed by atoms with van der Waals surface area (Å²) in [5.41, 5.74) is 0. The number of piperazine rings is 1. The zero-order chi connectivity index (χ0) is 13.7. The average Bonchev–Trinajstić information content (AvgIpc) is 2.45. The highest BCUT2D eigenvalue weighted by Crippen LogP contribution is 2.17. The molecule has 0 aliphatic carbocycles. The minimum absolute atomic E-state index is 0.584. The highest BCUT2D eigenvalue weighted by molar-refractivity contribution is 5.43. The fourth-order valence-corrected chi connectivity index (χ4v) is 2.52. The Morgan fingerprint density at radius 2 is 2.21 bits per heavy atom. The predicted octanol–water partition coefficient (Wildman–Crippen LogP) is 1.83. The van der Waals surface area contributed by atoms with Crippen LogP contribution in [0.1, 0.15) is 27.2 Å². The van der Waals surface area contributed by atoms with E-state index in [9.17, 15) is 0 Å². The second-order valence-corrected chi connectivity index (χ2v) is 5.09. The maximum absolute atomic E-state index is 4.60. The molecule has 0 bridgehead atoms. The van der Waals surface area contributed by atoms with Crippen LogP contribution in [0.4, 0.5) is 11.8 Å². The molecule has 1 aromatic heterocycles. The number of likely N-dealkylation sites (N-methyl/N-ethyl adjacent to an activating group) is 1. The van der Waals surface area contributed by atoms with Gasteiger partial charge in [0.15, 0.2) is 0 Å². The summed E-state index contributed by atoms with van der Waals surface area (Å²) in [5, 5.41) is 3.25. The van der Waals surface area contributed by atoms with Gasteiger partial charge >= 0.3 is 0 Å². The van der Waals surface area contributed by atoms with Gasteiger partial charge in [0.25, 0.3) is 0 Å². The molecule has 1 N–H and O–H groups in total. The summed E-state index contributed by atoms with van der Waals surface area (Å²) in [6, 6.07) is 2.59. The van der Waals surface area contributed by atoms with E-state index >= 15 is 0 Å². The molecule has 19 heavy (non-hydrogen) atoms. The Balaban J connectivity index is 2.02. The molecule has 0 amide bonds. The molecule has 5 nitrogen and oxygen atoms in total. The van der Waals surface area contributed by atoms with E-state index in [-0.39, 0.29) is 0 Å². The summed E-state index contributed by atoms with van der Waals surface area (Å²) < 4.78 is 0. The lowest BCUT2D eigenvalue weighted by Crippen LogP contribution is -2.52. The molecule has 0 saturated carbocycles. The predicted molar refractivity (Wildman–Crippen MR) is 79.7 cm³/mol. The van der Waals surface area contributed by atoms with Gasteiger partial charge in [-0.1, -0.05) is 13.8 Å². The second-order valence-electron chi connectivity index (χ2n) is 5.09. The average molecular weight is 263 g/mol. The number of nitrogens with one attached hydrogen (secondary N) is 1. The molecule has 5 heteroatoms. The van der Waals surface area contributed by atoms with Crippen LogP contribution in [0.2, 0.25) is 0 Å². The molecule has 1 fully saturated rings. The molecule has 1 aliphatic heterocycles. The molecule has 1 aliphatic rings. The Morgan fingerprint density at radius 3 is 2.89 bits per heavy atom. The Kier molecular flexibility index (Phi) is 4.96. The molecule has 106 valence electrons. The molecule has 1 saturated heterocycles. The third-order valence-electron chi connectivity index (χ3n) is 3.67. The fourth-order valence-electron chi connectivity index (χ4n) is 2.52. The van der Waals surface area contributed by atoms with Gasteiger partial charge < -0.3 is 10.2 Å². The topological polar surface area (TPSA) is 44.3 Å². The second kappa shape index (κ2) is 6.70. The van der Waals surface area contributed by atoms with Crippen molar-refractivity contribution in [3.63, 3.8) is 0 Å². The number of anilines is 2. The first-order chi connectivity index (χ1) is 9.24. The lowest BCUT2D eigenvalue weighted by Gasteiger charge is -2.39. The first-order valence-electron chi connectivity index (χ1n) is 7.30. The lowest BCUT2D eigenvalue weighted by atomic mass is 10.2. The van der Waals surface area contributed by atoms with Crippen LogP contribution in [0.15, 0.2) is 12.3 Å². The molecule has 0 radical (unpaired) electrons. The lowest BCUT2D eigenvalue weighted by molar-refractivity contribution is 0.199. The molecule has 1 unspecified atom stereocenters. The van der Waals surface area contributed by atoms with Crippen molar-refractivity contribution in [2.24, 2.45) is 0 Å². The minimum Gasteiger partial charge on any atom is -0.354 e. The van der Waals surface area contributed by atoms with Crippen LogP contribution in [0.25, 0.3) is 0 Å². The highest BCUT2D eigenvalue weighted by atomic mass is 15.3. The van der Waals surface area contributed by atoms with Crippen LogP contribution < -0.4 is 10.2 Å². The van der Waals surface area contributed by atoms with E-state index in [0.717, 1.165) is 50.9 Å². The Morgan fingerprint density at radius 1 is 1.37 bits per heavy atom. The number of rotatable bonds is 5. The van der Waals surface area contributed by atoms with E-state index in [4.69, 9.17) is 0 Å². The van der Waals surface area contributed by atoms with Crippen molar-refractivity contribution < 1.29 is 0 Å². The summed E-state index contributed by atoms with van der Waals surface area (Å²) >= 11 is 0. The summed E-state index contributed by atoms with van der Waals surface area (Å²) in [6.45, 7) is 11.9. The van der Waals surface area contributed by atoms with Gasteiger partial charge in [-0.2, -0.15) is 4.98 Å². The van der Waals surface area contributed by atoms with Crippen LogP contribution in [0, 0.1) is 0 Å². The molecule has 0 aromatic carbocycles. The van der Waals surface area contributed by atoms with Gasteiger partial charge in [0, 0.05) is 38.4 Å². The van der Waals surface area contributed by atoms with Gasteiger partial charge in [-0.05, 0) is 26.0 Å². The third kappa shape index (κ3) is 3.56. The number of aromatic nitrogens is 2. The van der Waals surface area contributed by atoms with E-state index in [0.29, 0.717) is 6.04 Å². The SMILES string of the molecule is CCCNc1nccc(N2CCN(CC)C(C)C2)n1. The number of hydrogen-bond donors (Lipinski definition) is 1. The normalized spacial score (nSPS) is 20.6. The van der Waals surface area contributed by atoms with Crippen molar-refractivity contribution in [1.82, 2.24) is 14.9 Å². The van der Waals surface area contributed by atoms with Gasteiger partial charge in [-0.25, -0.2) is 4.98 Å². The molecule has 1 atom stereocenters. The van der Waals surface area contributed by atoms with Crippen LogP contribution >= 0.6 is 0 Å². The first kappa shape index (κ1) is 14.1. The van der Waals surface area contributed by atoms with Crippen LogP contribution in [-0.4, -0.2) is 53.6 Å². The van der Waals surface area contributed by atoms with Gasteiger partial charge in [0.2, 0.25) is 5.95 Å². The number of nitrogens with zero attached hydrogens (tertiary/aromatic N) is 4. The molecular weight excluding hydrogens is 238 g/mol. The van der Waals surface area contributed by atoms with Crippen LogP contribution in [-0.2, 0) is 0 Å². The summed E-state index contributed by atoms with van der Waals surface area (Å²) in [5.74, 6) is 1.78. The Labute approximate surface area is 116 Å². The quantitative estimate of drug-likeness (QED) is 0.878. The van der Waals surface area contributed by atoms with Gasteiger partial charge in [-0.15, -0.1) is 0 Å². The van der Waals surface area contributed by atoms with Gasteiger partial charge in [0.1, 0.15) is 5.82 Å². The van der Waals surface area contributed by atoms with Crippen molar-refractivity contribution in [3.05, 3.63) is 12.3 Å². The van der Waals surface area contributed by atoms with E-state index in [1.54, 1.807) is 0 Å². The zero-order valence-electron chi connectivity index (χ0n) is 12.3. The van der Waals surface area contributed by atoms with Crippen LogP contribution in [0.5, 0.6) is 0 Å². The maximum atomic E-state index is 4.60. The van der Waals surface area contributed by atoms with E-state index < -0.39 is 0 Å². The molecule has 1 aromatic rings. The largest absolute Gasteiger partial charge is 0.354 e. The third-order valence-corrected chi connectivity index (χ3v) is 3.67. The summed E-state index contributed by atoms with van der Waals surface area (Å²) in [7, 11) is 0. The maximum Gasteiger partial charge on any atom is 0.224 e. The van der Waals surface area contributed by atoms with Gasteiger partial charge in [-0.3, -0.25) is 4.90 Å². The Hall–Kier alpha value is -1.36. The molecular formula is C14H25N5. The van der Waals surface area contributed by atoms with Crippen LogP contribution in [0.3, 0.4) is 0 Å². The zero-order valence-corrected chi connectivity index (χ0v) is 12.3. The van der Waals surface area contributed by atoms with E-state index in [1.807, 2.05) is 12.3 Å². The Bertz CT molecular complexity index is 395. The minimum atomic E-state index is 0.584. The summed E-state index contributed by atoms with van der Waals surface area (Å²) in [6.07, 6.45) is 2.93. The van der Waals surface area contributed by atoms with Crippen molar-refractivity contribution in [3.8, 4) is 0 Å². The monoisotopic (exact) mass is 263 g/mol. The first-order valence-corrected chi connectivity index (χ1v) is 7.30. The van der Waals surface area contributed by atoms with Crippen molar-refractivity contribution in [1.29, 1.82) is 0 Å². The molecule has 2 heterocycles. The number of hydrogen-bond acceptors (Lipinski definition) is 5. The van der Waals surface area contributed by atoms with Crippen molar-refractivity contribution in [2.45, 2.75) is 33.2 Å². The standard InChI is InChI=1S/C14H25N5/c1-4-7-15-14-16-8-6-13(17-14)19-10-9-18(5-2)12(3)11-19/h6,8,12H,4-5,7,9-11H2,1-3H3,(H,15,16,17). The highest BCUT2D eigenvalue weighted by Gasteiger charge is 2.23. The van der Waals surface area contributed by atoms with Crippen molar-refractivity contribution in [2.75, 3.05) is 42.9 Å². The van der Waals surface area contributed by atoms with Crippen molar-refractivity contribution >= 4 is 11.8 Å².